The number of hydrogen-bond acceptors (Lipinski definition) is 7. The van der Waals surface area contributed by atoms with Gasteiger partial charge in [-0.3, -0.25) is 4.79 Å². The summed E-state index contributed by atoms with van der Waals surface area (Å²) in [4.78, 5) is 18.5. The Labute approximate surface area is 150 Å². The van der Waals surface area contributed by atoms with Gasteiger partial charge in [0.25, 0.3) is 0 Å². The molecular formula is C15H15F3N8O. The first-order chi connectivity index (χ1) is 12.8. The molecule has 0 atom stereocenters. The van der Waals surface area contributed by atoms with Crippen molar-refractivity contribution in [2.75, 3.05) is 23.7 Å². The minimum Gasteiger partial charge on any atom is -0.368 e. The molecule has 27 heavy (non-hydrogen) atoms. The lowest BCUT2D eigenvalue weighted by Crippen LogP contribution is -2.27. The number of aromatic amines is 1. The molecule has 0 unspecified atom stereocenters. The number of anilines is 3. The van der Waals surface area contributed by atoms with Gasteiger partial charge in [-0.05, 0) is 18.2 Å². The molecule has 0 fully saturated rings. The molecule has 0 aliphatic heterocycles. The third-order valence-electron chi connectivity index (χ3n) is 3.46. The number of fused-ring (bicyclic) bond motifs is 1. The molecule has 4 N–H and O–H groups in total. The Morgan fingerprint density at radius 3 is 2.70 bits per heavy atom. The van der Waals surface area contributed by atoms with Gasteiger partial charge in [0, 0.05) is 31.9 Å². The lowest BCUT2D eigenvalue weighted by molar-refractivity contribution is -0.137. The second-order valence-corrected chi connectivity index (χ2v) is 5.52. The van der Waals surface area contributed by atoms with E-state index in [0.717, 1.165) is 0 Å². The zero-order valence-corrected chi connectivity index (χ0v) is 14.1. The highest BCUT2D eigenvalue weighted by Gasteiger charge is 2.35. The number of rotatable bonds is 6. The molecule has 1 aromatic carbocycles. The fraction of sp³-hybridized carbons (Fsp3) is 0.267. The molecule has 3 aromatic rings. The van der Waals surface area contributed by atoms with Gasteiger partial charge in [-0.25, -0.2) is 4.98 Å². The molecule has 0 spiro atoms. The fourth-order valence-electron chi connectivity index (χ4n) is 2.25. The summed E-state index contributed by atoms with van der Waals surface area (Å²) >= 11 is 0. The van der Waals surface area contributed by atoms with E-state index in [-0.39, 0.29) is 30.8 Å². The van der Waals surface area contributed by atoms with E-state index in [9.17, 15) is 18.0 Å². The number of carbonyl (C=O) groups is 1. The SMILES string of the molecule is CC(=O)NCCNc1nc(Nc2ccc3n[nH]nc3c2)ncc1C(F)(F)F. The molecule has 0 bridgehead atoms. The van der Waals surface area contributed by atoms with E-state index in [1.165, 1.54) is 6.92 Å². The molecule has 142 valence electrons. The maximum atomic E-state index is 13.2. The third-order valence-corrected chi connectivity index (χ3v) is 3.46. The Morgan fingerprint density at radius 1 is 1.19 bits per heavy atom. The van der Waals surface area contributed by atoms with Crippen molar-refractivity contribution in [1.82, 2.24) is 30.7 Å². The number of carbonyl (C=O) groups excluding carboxylic acids is 1. The lowest BCUT2D eigenvalue weighted by atomic mass is 10.2. The fourth-order valence-corrected chi connectivity index (χ4v) is 2.25. The number of nitrogens with zero attached hydrogens (tertiary/aromatic N) is 4. The van der Waals surface area contributed by atoms with Crippen LogP contribution in [0.25, 0.3) is 11.0 Å². The van der Waals surface area contributed by atoms with Crippen molar-refractivity contribution < 1.29 is 18.0 Å². The highest BCUT2D eigenvalue weighted by Crippen LogP contribution is 2.34. The van der Waals surface area contributed by atoms with Crippen LogP contribution in [0, 0.1) is 0 Å². The zero-order chi connectivity index (χ0) is 19.4. The van der Waals surface area contributed by atoms with Crippen molar-refractivity contribution in [3.8, 4) is 0 Å². The summed E-state index contributed by atoms with van der Waals surface area (Å²) in [6.07, 6.45) is -3.92. The number of hydrogen-bond donors (Lipinski definition) is 4. The highest BCUT2D eigenvalue weighted by molar-refractivity contribution is 5.79. The van der Waals surface area contributed by atoms with Crippen LogP contribution < -0.4 is 16.0 Å². The molecule has 0 saturated heterocycles. The lowest BCUT2D eigenvalue weighted by Gasteiger charge is -2.15. The Hall–Kier alpha value is -3.44. The van der Waals surface area contributed by atoms with Crippen LogP contribution in [0.5, 0.6) is 0 Å². The largest absolute Gasteiger partial charge is 0.421 e. The van der Waals surface area contributed by atoms with Crippen LogP contribution >= 0.6 is 0 Å². The number of amides is 1. The van der Waals surface area contributed by atoms with Gasteiger partial charge in [0.15, 0.2) is 0 Å². The Bertz CT molecular complexity index is 956. The minimum atomic E-state index is -4.62. The summed E-state index contributed by atoms with van der Waals surface area (Å²) < 4.78 is 39.5. The third kappa shape index (κ3) is 4.59. The van der Waals surface area contributed by atoms with Crippen LogP contribution in [-0.4, -0.2) is 44.4 Å². The molecule has 1 amide bonds. The van der Waals surface area contributed by atoms with Crippen molar-refractivity contribution in [3.05, 3.63) is 30.0 Å². The van der Waals surface area contributed by atoms with E-state index in [2.05, 4.69) is 41.3 Å². The first-order valence-electron chi connectivity index (χ1n) is 7.83. The second kappa shape index (κ2) is 7.43. The standard InChI is InChI=1S/C15H15F3N8O/c1-8(27)19-4-5-20-13-10(15(16,17)18)7-21-14(23-13)22-9-2-3-11-12(6-9)25-26-24-11/h2-3,6-7H,4-5H2,1H3,(H,19,27)(H,24,25,26)(H2,20,21,22,23). The van der Waals surface area contributed by atoms with E-state index >= 15 is 0 Å². The normalized spacial score (nSPS) is 11.4. The van der Waals surface area contributed by atoms with Gasteiger partial charge in [-0.1, -0.05) is 0 Å². The van der Waals surface area contributed by atoms with Crippen molar-refractivity contribution in [2.24, 2.45) is 0 Å². The van der Waals surface area contributed by atoms with Crippen molar-refractivity contribution in [3.63, 3.8) is 0 Å². The van der Waals surface area contributed by atoms with Crippen molar-refractivity contribution in [1.29, 1.82) is 0 Å². The molecule has 9 nitrogen and oxygen atoms in total. The topological polar surface area (TPSA) is 121 Å². The number of alkyl halides is 3. The van der Waals surface area contributed by atoms with E-state index < -0.39 is 11.7 Å². The van der Waals surface area contributed by atoms with Crippen molar-refractivity contribution >= 4 is 34.4 Å². The van der Waals surface area contributed by atoms with Gasteiger partial charge in [0.2, 0.25) is 11.9 Å². The Morgan fingerprint density at radius 2 is 1.96 bits per heavy atom. The molecule has 12 heteroatoms. The van der Waals surface area contributed by atoms with E-state index in [1.807, 2.05) is 0 Å². The Balaban J connectivity index is 1.80. The van der Waals surface area contributed by atoms with Crippen LogP contribution in [-0.2, 0) is 11.0 Å². The predicted molar refractivity (Wildman–Crippen MR) is 91.4 cm³/mol. The zero-order valence-electron chi connectivity index (χ0n) is 14.1. The van der Waals surface area contributed by atoms with E-state index in [1.54, 1.807) is 18.2 Å². The molecular weight excluding hydrogens is 365 g/mol. The Kier molecular flexibility index (Phi) is 5.05. The van der Waals surface area contributed by atoms with Gasteiger partial charge < -0.3 is 16.0 Å². The minimum absolute atomic E-state index is 0.0205. The summed E-state index contributed by atoms with van der Waals surface area (Å²) in [5.41, 5.74) is 0.776. The van der Waals surface area contributed by atoms with Crippen LogP contribution in [0.3, 0.4) is 0 Å². The van der Waals surface area contributed by atoms with Gasteiger partial charge in [0.1, 0.15) is 22.4 Å². The second-order valence-electron chi connectivity index (χ2n) is 5.52. The smallest absolute Gasteiger partial charge is 0.368 e. The quantitative estimate of drug-likeness (QED) is 0.483. The maximum absolute atomic E-state index is 13.2. The summed E-state index contributed by atoms with van der Waals surface area (Å²) in [7, 11) is 0. The molecule has 2 aromatic heterocycles. The number of benzene rings is 1. The maximum Gasteiger partial charge on any atom is 0.421 e. The summed E-state index contributed by atoms with van der Waals surface area (Å²) in [5.74, 6) is -0.679. The van der Waals surface area contributed by atoms with Crippen LogP contribution in [0.4, 0.5) is 30.6 Å². The monoisotopic (exact) mass is 380 g/mol. The number of aromatic nitrogens is 5. The number of halogens is 3. The van der Waals surface area contributed by atoms with Gasteiger partial charge in [-0.15, -0.1) is 0 Å². The predicted octanol–water partition coefficient (Wildman–Crippen LogP) is 2.06. The van der Waals surface area contributed by atoms with Crippen LogP contribution in [0.15, 0.2) is 24.4 Å². The number of H-pyrrole nitrogens is 1. The molecule has 0 aliphatic carbocycles. The molecule has 0 aliphatic rings. The first kappa shape index (κ1) is 18.4. The van der Waals surface area contributed by atoms with Gasteiger partial charge >= 0.3 is 6.18 Å². The summed E-state index contributed by atoms with van der Waals surface area (Å²) in [5, 5.41) is 18.2. The summed E-state index contributed by atoms with van der Waals surface area (Å²) in [6.45, 7) is 1.55. The average Bonchev–Trinajstić information content (AvgIpc) is 3.05. The van der Waals surface area contributed by atoms with Crippen LogP contribution in [0.2, 0.25) is 0 Å². The molecule has 2 heterocycles. The van der Waals surface area contributed by atoms with Gasteiger partial charge in [0.05, 0.1) is 0 Å². The molecule has 0 saturated carbocycles. The average molecular weight is 380 g/mol. The van der Waals surface area contributed by atoms with E-state index in [4.69, 9.17) is 0 Å². The summed E-state index contributed by atoms with van der Waals surface area (Å²) in [6, 6.07) is 5.03. The highest BCUT2D eigenvalue weighted by atomic mass is 19.4. The molecule has 3 rings (SSSR count). The van der Waals surface area contributed by atoms with Gasteiger partial charge in [-0.2, -0.15) is 33.6 Å². The van der Waals surface area contributed by atoms with Crippen molar-refractivity contribution in [2.45, 2.75) is 13.1 Å². The van der Waals surface area contributed by atoms with Crippen LogP contribution in [0.1, 0.15) is 12.5 Å². The number of nitrogens with one attached hydrogen (secondary N) is 4. The van der Waals surface area contributed by atoms with E-state index in [0.29, 0.717) is 22.9 Å². The molecule has 0 radical (unpaired) electrons. The first-order valence-corrected chi connectivity index (χ1v) is 7.83.